The third-order valence-corrected chi connectivity index (χ3v) is 5.54. The van der Waals surface area contributed by atoms with Crippen molar-refractivity contribution in [3.8, 4) is 0 Å². The third kappa shape index (κ3) is 2.50. The second kappa shape index (κ2) is 6.23. The molecule has 1 amide bonds. The van der Waals surface area contributed by atoms with Crippen molar-refractivity contribution in [1.29, 1.82) is 0 Å². The van der Waals surface area contributed by atoms with Crippen LogP contribution in [0, 0.1) is 0 Å². The van der Waals surface area contributed by atoms with Crippen molar-refractivity contribution >= 4 is 11.6 Å². The van der Waals surface area contributed by atoms with E-state index in [1.54, 1.807) is 10.7 Å². The Hall–Kier alpha value is -2.70. The Morgan fingerprint density at radius 1 is 1.15 bits per heavy atom. The summed E-state index contributed by atoms with van der Waals surface area (Å²) in [6.45, 7) is 0.733. The van der Waals surface area contributed by atoms with Gasteiger partial charge in [0.1, 0.15) is 5.76 Å². The predicted molar refractivity (Wildman–Crippen MR) is 93.8 cm³/mol. The van der Waals surface area contributed by atoms with Gasteiger partial charge >= 0.3 is 0 Å². The standard InChI is InChI=1S/C19H21N5O2/c25-19(18-13-5-1-2-7-16(13)26-22-18)23-11-4-3-6-15(23)14-9-12-24-17(21-14)8-10-20-24/h8-10,12,15H,1-7,11H2/t15-/m1/s1. The predicted octanol–water partition coefficient (Wildman–Crippen LogP) is 2.96. The fourth-order valence-electron chi connectivity index (χ4n) is 4.18. The normalized spacial score (nSPS) is 20.3. The minimum absolute atomic E-state index is 0.0169. The molecule has 3 aromatic heterocycles. The summed E-state index contributed by atoms with van der Waals surface area (Å²) in [4.78, 5) is 19.9. The van der Waals surface area contributed by atoms with Crippen molar-refractivity contribution < 1.29 is 9.32 Å². The topological polar surface area (TPSA) is 76.5 Å². The van der Waals surface area contributed by atoms with Crippen LogP contribution in [0.4, 0.5) is 0 Å². The molecule has 1 aliphatic carbocycles. The lowest BCUT2D eigenvalue weighted by molar-refractivity contribution is 0.0594. The number of likely N-dealkylation sites (tertiary alicyclic amines) is 1. The van der Waals surface area contributed by atoms with Gasteiger partial charge in [-0.25, -0.2) is 9.50 Å². The quantitative estimate of drug-likeness (QED) is 0.709. The van der Waals surface area contributed by atoms with E-state index < -0.39 is 0 Å². The molecule has 3 aromatic rings. The van der Waals surface area contributed by atoms with Crippen molar-refractivity contribution in [2.75, 3.05) is 6.54 Å². The summed E-state index contributed by atoms with van der Waals surface area (Å²) < 4.78 is 7.21. The van der Waals surface area contributed by atoms with Crippen LogP contribution in [0.15, 0.2) is 29.0 Å². The van der Waals surface area contributed by atoms with Gasteiger partial charge in [-0.05, 0) is 44.6 Å². The van der Waals surface area contributed by atoms with Crippen LogP contribution in [0.5, 0.6) is 0 Å². The second-order valence-electron chi connectivity index (χ2n) is 7.14. The summed E-state index contributed by atoms with van der Waals surface area (Å²) in [6, 6.07) is 3.83. The van der Waals surface area contributed by atoms with Gasteiger partial charge in [0.2, 0.25) is 0 Å². The number of fused-ring (bicyclic) bond motifs is 2. The van der Waals surface area contributed by atoms with Crippen molar-refractivity contribution in [2.24, 2.45) is 0 Å². The van der Waals surface area contributed by atoms with E-state index in [2.05, 4.69) is 10.3 Å². The number of nitrogens with zero attached hydrogens (tertiary/aromatic N) is 5. The summed E-state index contributed by atoms with van der Waals surface area (Å²) in [6.07, 6.45) is 10.6. The Bertz CT molecular complexity index is 960. The smallest absolute Gasteiger partial charge is 0.276 e. The highest BCUT2D eigenvalue weighted by atomic mass is 16.5. The number of rotatable bonds is 2. The molecule has 1 aliphatic heterocycles. The molecule has 134 valence electrons. The van der Waals surface area contributed by atoms with E-state index in [1.165, 1.54) is 0 Å². The van der Waals surface area contributed by atoms with E-state index in [4.69, 9.17) is 9.51 Å². The van der Waals surface area contributed by atoms with Gasteiger partial charge in [0.15, 0.2) is 11.3 Å². The number of aromatic nitrogens is 4. The third-order valence-electron chi connectivity index (χ3n) is 5.54. The molecule has 1 atom stereocenters. The molecule has 1 fully saturated rings. The average molecular weight is 351 g/mol. The van der Waals surface area contributed by atoms with Crippen LogP contribution in [0.2, 0.25) is 0 Å². The van der Waals surface area contributed by atoms with Gasteiger partial charge in [-0.3, -0.25) is 4.79 Å². The molecule has 0 unspecified atom stereocenters. The molecule has 0 saturated carbocycles. The minimum Gasteiger partial charge on any atom is -0.360 e. The average Bonchev–Trinajstić information content (AvgIpc) is 3.33. The Kier molecular flexibility index (Phi) is 3.72. The maximum atomic E-state index is 13.3. The summed E-state index contributed by atoms with van der Waals surface area (Å²) in [7, 11) is 0. The number of hydrogen-bond donors (Lipinski definition) is 0. The first-order chi connectivity index (χ1) is 12.8. The highest BCUT2D eigenvalue weighted by Gasteiger charge is 2.34. The fourth-order valence-corrected chi connectivity index (χ4v) is 4.18. The van der Waals surface area contributed by atoms with Crippen molar-refractivity contribution in [1.82, 2.24) is 24.7 Å². The first-order valence-electron chi connectivity index (χ1n) is 9.40. The summed E-state index contributed by atoms with van der Waals surface area (Å²) in [5.41, 5.74) is 3.25. The van der Waals surface area contributed by atoms with Gasteiger partial charge < -0.3 is 9.42 Å². The van der Waals surface area contributed by atoms with Gasteiger partial charge in [-0.15, -0.1) is 0 Å². The molecule has 0 bridgehead atoms. The monoisotopic (exact) mass is 351 g/mol. The Balaban J connectivity index is 1.49. The van der Waals surface area contributed by atoms with Gasteiger partial charge in [0.05, 0.1) is 17.9 Å². The summed E-state index contributed by atoms with van der Waals surface area (Å²) in [5.74, 6) is 0.878. The van der Waals surface area contributed by atoms with E-state index in [0.29, 0.717) is 5.69 Å². The Morgan fingerprint density at radius 3 is 3.04 bits per heavy atom. The maximum Gasteiger partial charge on any atom is 0.276 e. The van der Waals surface area contributed by atoms with Gasteiger partial charge in [0.25, 0.3) is 5.91 Å². The summed E-state index contributed by atoms with van der Waals surface area (Å²) in [5, 5.41) is 8.34. The lowest BCUT2D eigenvalue weighted by Gasteiger charge is -2.35. The van der Waals surface area contributed by atoms with Crippen LogP contribution in [0.3, 0.4) is 0 Å². The van der Waals surface area contributed by atoms with E-state index >= 15 is 0 Å². The maximum absolute atomic E-state index is 13.3. The molecular formula is C19H21N5O2. The number of carbonyl (C=O) groups excluding carboxylic acids is 1. The molecule has 0 radical (unpaired) electrons. The van der Waals surface area contributed by atoms with Gasteiger partial charge in [-0.1, -0.05) is 5.16 Å². The minimum atomic E-state index is -0.0212. The zero-order valence-corrected chi connectivity index (χ0v) is 14.6. The number of hydrogen-bond acceptors (Lipinski definition) is 5. The zero-order valence-electron chi connectivity index (χ0n) is 14.6. The molecule has 7 heteroatoms. The van der Waals surface area contributed by atoms with Gasteiger partial charge in [0, 0.05) is 30.8 Å². The zero-order chi connectivity index (χ0) is 17.5. The van der Waals surface area contributed by atoms with Crippen LogP contribution in [-0.4, -0.2) is 37.1 Å². The van der Waals surface area contributed by atoms with Crippen LogP contribution >= 0.6 is 0 Å². The van der Waals surface area contributed by atoms with Crippen LogP contribution in [-0.2, 0) is 12.8 Å². The number of aryl methyl sites for hydroxylation is 1. The SMILES string of the molecule is O=C(c1noc2c1CCCC2)N1CCCC[C@@H]1c1ccn2nccc2n1. The largest absolute Gasteiger partial charge is 0.360 e. The first-order valence-corrected chi connectivity index (χ1v) is 9.40. The highest BCUT2D eigenvalue weighted by molar-refractivity contribution is 5.94. The first kappa shape index (κ1) is 15.5. The molecule has 0 spiro atoms. The second-order valence-corrected chi connectivity index (χ2v) is 7.14. The van der Waals surface area contributed by atoms with Crippen molar-refractivity contribution in [2.45, 2.75) is 51.0 Å². The van der Waals surface area contributed by atoms with Crippen LogP contribution in [0.1, 0.15) is 65.7 Å². The molecule has 2 aliphatic rings. The molecule has 5 rings (SSSR count). The number of amides is 1. The lowest BCUT2D eigenvalue weighted by Crippen LogP contribution is -2.39. The van der Waals surface area contributed by atoms with E-state index in [9.17, 15) is 4.79 Å². The summed E-state index contributed by atoms with van der Waals surface area (Å²) >= 11 is 0. The van der Waals surface area contributed by atoms with E-state index in [-0.39, 0.29) is 11.9 Å². The fraction of sp³-hybridized carbons (Fsp3) is 0.474. The molecule has 26 heavy (non-hydrogen) atoms. The van der Waals surface area contributed by atoms with Crippen molar-refractivity contribution in [3.05, 3.63) is 47.2 Å². The lowest BCUT2D eigenvalue weighted by atomic mass is 9.94. The highest BCUT2D eigenvalue weighted by Crippen LogP contribution is 2.33. The van der Waals surface area contributed by atoms with E-state index in [1.807, 2.05) is 23.2 Å². The van der Waals surface area contributed by atoms with Crippen LogP contribution in [0.25, 0.3) is 5.65 Å². The number of carbonyl (C=O) groups is 1. The molecule has 0 N–H and O–H groups in total. The molecule has 4 heterocycles. The van der Waals surface area contributed by atoms with Crippen LogP contribution < -0.4 is 0 Å². The van der Waals surface area contributed by atoms with Crippen molar-refractivity contribution in [3.63, 3.8) is 0 Å². The molecular weight excluding hydrogens is 330 g/mol. The molecule has 0 aromatic carbocycles. The Morgan fingerprint density at radius 2 is 2.08 bits per heavy atom. The van der Waals surface area contributed by atoms with Gasteiger partial charge in [-0.2, -0.15) is 5.10 Å². The van der Waals surface area contributed by atoms with E-state index in [0.717, 1.165) is 74.2 Å². The number of piperidine rings is 1. The Labute approximate surface area is 151 Å². The molecule has 7 nitrogen and oxygen atoms in total. The molecule has 1 saturated heterocycles.